The van der Waals surface area contributed by atoms with E-state index in [1.54, 1.807) is 30.2 Å². The molecular formula is C22H21N3O4S. The number of hydrogen-bond donors (Lipinski definition) is 1. The van der Waals surface area contributed by atoms with Crippen molar-refractivity contribution in [3.05, 3.63) is 65.2 Å². The van der Waals surface area contributed by atoms with Gasteiger partial charge in [-0.2, -0.15) is 0 Å². The van der Waals surface area contributed by atoms with Gasteiger partial charge in [-0.1, -0.05) is 12.1 Å². The number of esters is 1. The molecule has 1 N–H and O–H groups in total. The number of hydrogen-bond acceptors (Lipinski definition) is 7. The lowest BCUT2D eigenvalue weighted by Crippen LogP contribution is -2.26. The molecule has 1 fully saturated rings. The van der Waals surface area contributed by atoms with Gasteiger partial charge < -0.3 is 19.7 Å². The van der Waals surface area contributed by atoms with Crippen molar-refractivity contribution in [3.63, 3.8) is 0 Å². The van der Waals surface area contributed by atoms with Gasteiger partial charge in [0.1, 0.15) is 12.4 Å². The molecule has 4 rings (SSSR count). The van der Waals surface area contributed by atoms with Crippen molar-refractivity contribution in [1.82, 2.24) is 4.98 Å². The summed E-state index contributed by atoms with van der Waals surface area (Å²) in [7, 11) is 1.62. The minimum atomic E-state index is -0.469. The van der Waals surface area contributed by atoms with Gasteiger partial charge in [0, 0.05) is 24.0 Å². The fraction of sp³-hybridized carbons (Fsp3) is 0.227. The van der Waals surface area contributed by atoms with E-state index < -0.39 is 5.97 Å². The van der Waals surface area contributed by atoms with Crippen molar-refractivity contribution >= 4 is 39.7 Å². The number of nitrogens with one attached hydrogen (secondary N) is 1. The molecule has 0 atom stereocenters. The van der Waals surface area contributed by atoms with E-state index in [1.807, 2.05) is 35.7 Å². The number of benzene rings is 2. The first kappa shape index (κ1) is 19.9. The molecule has 1 aliphatic heterocycles. The number of methoxy groups -OCH3 is 1. The largest absolute Gasteiger partial charge is 0.497 e. The molecule has 0 aliphatic carbocycles. The van der Waals surface area contributed by atoms with Crippen LogP contribution in [-0.2, 0) is 16.1 Å². The van der Waals surface area contributed by atoms with Gasteiger partial charge in [-0.25, -0.2) is 9.78 Å². The van der Waals surface area contributed by atoms with Gasteiger partial charge in [0.15, 0.2) is 5.13 Å². The summed E-state index contributed by atoms with van der Waals surface area (Å²) in [5.74, 6) is 0.343. The summed E-state index contributed by atoms with van der Waals surface area (Å²) in [6.45, 7) is 0.678. The lowest BCUT2D eigenvalue weighted by Gasteiger charge is -2.18. The zero-order chi connectivity index (χ0) is 20.9. The van der Waals surface area contributed by atoms with E-state index in [9.17, 15) is 9.59 Å². The molecule has 1 aliphatic rings. The Morgan fingerprint density at radius 1 is 1.20 bits per heavy atom. The Labute approximate surface area is 178 Å². The smallest absolute Gasteiger partial charge is 0.340 e. The molecule has 1 aromatic heterocycles. The van der Waals surface area contributed by atoms with Gasteiger partial charge in [-0.15, -0.1) is 11.3 Å². The van der Waals surface area contributed by atoms with E-state index in [1.165, 1.54) is 11.3 Å². The van der Waals surface area contributed by atoms with Crippen LogP contribution in [0.1, 0.15) is 28.9 Å². The van der Waals surface area contributed by atoms with E-state index in [0.717, 1.165) is 17.9 Å². The second-order valence-corrected chi connectivity index (χ2v) is 7.60. The van der Waals surface area contributed by atoms with Crippen molar-refractivity contribution in [2.45, 2.75) is 19.4 Å². The summed E-state index contributed by atoms with van der Waals surface area (Å²) >= 11 is 1.43. The minimum absolute atomic E-state index is 0.0315. The van der Waals surface area contributed by atoms with Crippen LogP contribution in [0.5, 0.6) is 5.75 Å². The molecule has 7 nitrogen and oxygen atoms in total. The highest BCUT2D eigenvalue weighted by molar-refractivity contribution is 7.13. The zero-order valence-corrected chi connectivity index (χ0v) is 17.3. The monoisotopic (exact) mass is 423 g/mol. The lowest BCUT2D eigenvalue weighted by atomic mass is 10.1. The fourth-order valence-electron chi connectivity index (χ4n) is 3.23. The second-order valence-electron chi connectivity index (χ2n) is 6.74. The van der Waals surface area contributed by atoms with Gasteiger partial charge in [0.2, 0.25) is 5.91 Å². The molecule has 30 heavy (non-hydrogen) atoms. The molecule has 0 saturated carbocycles. The maximum atomic E-state index is 12.6. The summed E-state index contributed by atoms with van der Waals surface area (Å²) in [6, 6.07) is 14.6. The molecular weight excluding hydrogens is 402 g/mol. The van der Waals surface area contributed by atoms with E-state index in [4.69, 9.17) is 9.47 Å². The zero-order valence-electron chi connectivity index (χ0n) is 16.5. The topological polar surface area (TPSA) is 80.8 Å². The quantitative estimate of drug-likeness (QED) is 0.568. The average molecular weight is 423 g/mol. The average Bonchev–Trinajstić information content (AvgIpc) is 3.41. The molecule has 0 radical (unpaired) electrons. The highest BCUT2D eigenvalue weighted by Gasteiger charge is 2.26. The predicted molar refractivity (Wildman–Crippen MR) is 116 cm³/mol. The summed E-state index contributed by atoms with van der Waals surface area (Å²) in [5, 5.41) is 5.76. The van der Waals surface area contributed by atoms with Crippen LogP contribution in [0.4, 0.5) is 16.5 Å². The maximum absolute atomic E-state index is 12.6. The van der Waals surface area contributed by atoms with E-state index in [-0.39, 0.29) is 12.5 Å². The summed E-state index contributed by atoms with van der Waals surface area (Å²) in [6.07, 6.45) is 1.30. The maximum Gasteiger partial charge on any atom is 0.340 e. The van der Waals surface area contributed by atoms with E-state index in [0.29, 0.717) is 35.0 Å². The number of rotatable bonds is 7. The lowest BCUT2D eigenvalue weighted by molar-refractivity contribution is -0.117. The number of carbonyl (C=O) groups excluding carboxylic acids is 2. The third-order valence-corrected chi connectivity index (χ3v) is 5.54. The number of nitrogens with zero attached hydrogens (tertiary/aromatic N) is 2. The van der Waals surface area contributed by atoms with Crippen LogP contribution < -0.4 is 15.0 Å². The van der Waals surface area contributed by atoms with Crippen LogP contribution in [-0.4, -0.2) is 30.5 Å². The molecule has 0 unspecified atom stereocenters. The van der Waals surface area contributed by atoms with Crippen LogP contribution in [0.2, 0.25) is 0 Å². The summed E-state index contributed by atoms with van der Waals surface area (Å²) < 4.78 is 10.6. The van der Waals surface area contributed by atoms with Crippen molar-refractivity contribution < 1.29 is 19.1 Å². The molecule has 1 amide bonds. The third-order valence-electron chi connectivity index (χ3n) is 4.73. The number of carbonyl (C=O) groups is 2. The van der Waals surface area contributed by atoms with E-state index >= 15 is 0 Å². The molecule has 2 heterocycles. The van der Waals surface area contributed by atoms with Crippen LogP contribution in [0.15, 0.2) is 53.9 Å². The van der Waals surface area contributed by atoms with Crippen LogP contribution in [0.3, 0.4) is 0 Å². The Bertz CT molecular complexity index is 1050. The first-order chi connectivity index (χ1) is 14.6. The van der Waals surface area contributed by atoms with Crippen LogP contribution >= 0.6 is 11.3 Å². The Morgan fingerprint density at radius 2 is 2.00 bits per heavy atom. The minimum Gasteiger partial charge on any atom is -0.497 e. The highest BCUT2D eigenvalue weighted by Crippen LogP contribution is 2.27. The van der Waals surface area contributed by atoms with E-state index in [2.05, 4.69) is 10.3 Å². The van der Waals surface area contributed by atoms with Crippen molar-refractivity contribution in [2.75, 3.05) is 23.9 Å². The van der Waals surface area contributed by atoms with Gasteiger partial charge in [-0.05, 0) is 42.8 Å². The number of para-hydroxylation sites is 1. The Hall–Kier alpha value is -3.39. The fourth-order valence-corrected chi connectivity index (χ4v) is 3.95. The van der Waals surface area contributed by atoms with Gasteiger partial charge in [0.25, 0.3) is 0 Å². The van der Waals surface area contributed by atoms with Crippen molar-refractivity contribution in [1.29, 1.82) is 0 Å². The number of amides is 1. The molecule has 154 valence electrons. The van der Waals surface area contributed by atoms with Crippen LogP contribution in [0.25, 0.3) is 0 Å². The number of anilines is 3. The number of ether oxygens (including phenoxy) is 2. The molecule has 2 aromatic carbocycles. The highest BCUT2D eigenvalue weighted by atomic mass is 32.1. The standard InChI is InChI=1S/C22H21N3O4S/c1-28-17-10-8-15(9-11-17)23-22-24-16(14-30-22)13-29-21(27)18-5-2-3-6-19(18)25-12-4-7-20(25)26/h2-3,5-6,8-11,14H,4,7,12-13H2,1H3,(H,23,24). The summed E-state index contributed by atoms with van der Waals surface area (Å²) in [5.41, 5.74) is 2.53. The Kier molecular flexibility index (Phi) is 5.94. The molecule has 0 bridgehead atoms. The first-order valence-corrected chi connectivity index (χ1v) is 10.4. The van der Waals surface area contributed by atoms with Gasteiger partial charge in [-0.3, -0.25) is 4.79 Å². The first-order valence-electron chi connectivity index (χ1n) is 9.56. The van der Waals surface area contributed by atoms with Gasteiger partial charge in [0.05, 0.1) is 24.1 Å². The summed E-state index contributed by atoms with van der Waals surface area (Å²) in [4.78, 5) is 30.8. The molecule has 0 spiro atoms. The molecule has 8 heteroatoms. The Balaban J connectivity index is 1.38. The molecule has 3 aromatic rings. The van der Waals surface area contributed by atoms with Crippen molar-refractivity contribution in [2.24, 2.45) is 0 Å². The van der Waals surface area contributed by atoms with Crippen LogP contribution in [0, 0.1) is 0 Å². The SMILES string of the molecule is COc1ccc(Nc2nc(COC(=O)c3ccccc3N3CCCC3=O)cs2)cc1. The predicted octanol–water partition coefficient (Wildman–Crippen LogP) is 4.38. The van der Waals surface area contributed by atoms with Gasteiger partial charge >= 0.3 is 5.97 Å². The normalized spacial score (nSPS) is 13.4. The Morgan fingerprint density at radius 3 is 2.73 bits per heavy atom. The third kappa shape index (κ3) is 4.44. The number of aromatic nitrogens is 1. The van der Waals surface area contributed by atoms with Crippen molar-refractivity contribution in [3.8, 4) is 5.75 Å². The second kappa shape index (κ2) is 8.96. The molecule has 1 saturated heterocycles. The number of thiazole rings is 1.